The maximum absolute atomic E-state index is 13.0. The smallest absolute Gasteiger partial charge is 0.253 e. The first-order chi connectivity index (χ1) is 19.6. The summed E-state index contributed by atoms with van der Waals surface area (Å²) < 4.78 is 0. The number of β-amino-alcohol motifs (C(OH)–C–C–N with tert-alkyl or cyclic N) is 1. The van der Waals surface area contributed by atoms with Gasteiger partial charge >= 0.3 is 0 Å². The van der Waals surface area contributed by atoms with Crippen LogP contribution in [-0.2, 0) is 11.2 Å². The highest BCUT2D eigenvalue weighted by molar-refractivity contribution is 5.96. The molecule has 1 saturated heterocycles. The average molecular weight is 564 g/mol. The fraction of sp³-hybridized carbons (Fsp3) is 0.606. The highest BCUT2D eigenvalue weighted by Crippen LogP contribution is 2.38. The molecule has 4 N–H and O–H groups in total. The van der Waals surface area contributed by atoms with Gasteiger partial charge in [-0.25, -0.2) is 0 Å². The van der Waals surface area contributed by atoms with Crippen LogP contribution in [0.2, 0.25) is 0 Å². The predicted octanol–water partition coefficient (Wildman–Crippen LogP) is 3.48. The highest BCUT2D eigenvalue weighted by atomic mass is 16.3. The number of piperidine rings is 1. The van der Waals surface area contributed by atoms with Crippen molar-refractivity contribution >= 4 is 11.8 Å². The Balaban J connectivity index is 1.43. The van der Waals surface area contributed by atoms with Gasteiger partial charge in [-0.1, -0.05) is 49.6 Å². The third-order valence-electron chi connectivity index (χ3n) is 8.57. The lowest BCUT2D eigenvalue weighted by Gasteiger charge is -2.48. The zero-order valence-electron chi connectivity index (χ0n) is 25.2. The third kappa shape index (κ3) is 9.62. The molecule has 8 nitrogen and oxygen atoms in total. The molecule has 1 aromatic carbocycles. The molecule has 5 atom stereocenters. The van der Waals surface area contributed by atoms with Crippen LogP contribution in [0.4, 0.5) is 0 Å². The van der Waals surface area contributed by atoms with E-state index in [1.807, 2.05) is 37.3 Å². The van der Waals surface area contributed by atoms with E-state index in [9.17, 15) is 14.7 Å². The fourth-order valence-corrected chi connectivity index (χ4v) is 6.36. The van der Waals surface area contributed by atoms with Gasteiger partial charge in [0.1, 0.15) is 0 Å². The second-order valence-corrected chi connectivity index (χ2v) is 13.1. The number of aliphatic hydroxyl groups excluding tert-OH is 1. The van der Waals surface area contributed by atoms with E-state index in [1.54, 1.807) is 12.3 Å². The van der Waals surface area contributed by atoms with Gasteiger partial charge in [-0.15, -0.1) is 0 Å². The number of amides is 2. The molecule has 41 heavy (non-hydrogen) atoms. The van der Waals surface area contributed by atoms with E-state index in [4.69, 9.17) is 0 Å². The largest absolute Gasteiger partial charge is 0.390 e. The lowest BCUT2D eigenvalue weighted by atomic mass is 9.72. The molecule has 0 bridgehead atoms. The van der Waals surface area contributed by atoms with Crippen LogP contribution in [-0.4, -0.2) is 76.7 Å². The molecular weight excluding hydrogens is 514 g/mol. The van der Waals surface area contributed by atoms with Crippen molar-refractivity contribution in [1.82, 2.24) is 25.8 Å². The Hall–Kier alpha value is -2.81. The number of aliphatic hydroxyl groups is 1. The Morgan fingerprint density at radius 3 is 2.54 bits per heavy atom. The molecule has 2 aromatic rings. The van der Waals surface area contributed by atoms with Gasteiger partial charge in [0.25, 0.3) is 5.91 Å². The van der Waals surface area contributed by atoms with Crippen LogP contribution in [0.25, 0.3) is 0 Å². The fourth-order valence-electron chi connectivity index (χ4n) is 6.36. The van der Waals surface area contributed by atoms with E-state index in [-0.39, 0.29) is 23.9 Å². The summed E-state index contributed by atoms with van der Waals surface area (Å²) in [5.74, 6) is 0.767. The molecule has 2 fully saturated rings. The van der Waals surface area contributed by atoms with Crippen molar-refractivity contribution in [3.05, 3.63) is 65.5 Å². The molecule has 224 valence electrons. The number of nitrogens with one attached hydrogen (secondary N) is 3. The molecule has 1 aromatic heterocycles. The summed E-state index contributed by atoms with van der Waals surface area (Å²) in [5.41, 5.74) is 2.36. The molecule has 2 aliphatic rings. The Morgan fingerprint density at radius 1 is 1.10 bits per heavy atom. The molecule has 0 spiro atoms. The summed E-state index contributed by atoms with van der Waals surface area (Å²) in [5, 5.41) is 21.1. The van der Waals surface area contributed by atoms with Crippen molar-refractivity contribution in [1.29, 1.82) is 0 Å². The van der Waals surface area contributed by atoms with Crippen molar-refractivity contribution in [3.8, 4) is 0 Å². The Labute approximate surface area is 245 Å². The summed E-state index contributed by atoms with van der Waals surface area (Å²) in [6.45, 7) is 10.6. The zero-order chi connectivity index (χ0) is 29.4. The summed E-state index contributed by atoms with van der Waals surface area (Å²) in [6, 6.07) is 11.5. The number of hydrogen-bond donors (Lipinski definition) is 4. The van der Waals surface area contributed by atoms with Crippen molar-refractivity contribution in [2.75, 3.05) is 26.2 Å². The first kappa shape index (κ1) is 31.1. The second-order valence-electron chi connectivity index (χ2n) is 13.1. The van der Waals surface area contributed by atoms with Gasteiger partial charge in [-0.05, 0) is 76.0 Å². The molecule has 2 heterocycles. The van der Waals surface area contributed by atoms with Crippen LogP contribution in [0, 0.1) is 18.8 Å². The number of carbonyl (C=O) groups excluding carboxylic acids is 2. The van der Waals surface area contributed by atoms with Gasteiger partial charge in [0, 0.05) is 43.6 Å². The minimum absolute atomic E-state index is 0.0243. The standard InChI is InChI=1S/C33H49N5O3/c1-23-14-27(18-34-17-23)32(41)35-20-31(40)37-29(15-24-10-6-5-7-11-24)30(39)22-38-21-26-13-9-8-12-25(26)16-28(38)19-36-33(2,3)4/h5-7,10-11,14,17-18,25-26,28-30,36,39H,8-9,12-13,15-16,19-22H2,1-4H3,(H,35,41)(H,37,40). The Morgan fingerprint density at radius 2 is 1.83 bits per heavy atom. The summed E-state index contributed by atoms with van der Waals surface area (Å²) in [7, 11) is 0. The van der Waals surface area contributed by atoms with Crippen LogP contribution in [0.1, 0.15) is 74.4 Å². The molecule has 2 amide bonds. The number of aromatic nitrogens is 1. The number of nitrogens with zero attached hydrogens (tertiary/aromatic N) is 2. The van der Waals surface area contributed by atoms with Gasteiger partial charge in [-0.2, -0.15) is 0 Å². The molecule has 4 rings (SSSR count). The quantitative estimate of drug-likeness (QED) is 0.334. The number of benzene rings is 1. The van der Waals surface area contributed by atoms with Crippen molar-refractivity contribution in [2.24, 2.45) is 11.8 Å². The number of aryl methyl sites for hydroxylation is 1. The summed E-state index contributed by atoms with van der Waals surface area (Å²) in [4.78, 5) is 32.1. The van der Waals surface area contributed by atoms with Crippen molar-refractivity contribution in [3.63, 3.8) is 0 Å². The number of pyridine rings is 1. The lowest BCUT2D eigenvalue weighted by Crippen LogP contribution is -2.58. The first-order valence-electron chi connectivity index (χ1n) is 15.3. The zero-order valence-corrected chi connectivity index (χ0v) is 25.2. The highest BCUT2D eigenvalue weighted by Gasteiger charge is 2.38. The Kier molecular flexibility index (Phi) is 10.9. The van der Waals surface area contributed by atoms with Gasteiger partial charge < -0.3 is 21.1 Å². The SMILES string of the molecule is Cc1cncc(C(=O)NCC(=O)NC(Cc2ccccc2)C(O)CN2CC3CCCCC3CC2CNC(C)(C)C)c1. The Bertz CT molecular complexity index is 1140. The molecule has 1 aliphatic heterocycles. The average Bonchev–Trinajstić information content (AvgIpc) is 2.94. The number of likely N-dealkylation sites (tertiary alicyclic amines) is 1. The van der Waals surface area contributed by atoms with Crippen LogP contribution in [0.3, 0.4) is 0 Å². The van der Waals surface area contributed by atoms with E-state index >= 15 is 0 Å². The number of hydrogen-bond acceptors (Lipinski definition) is 6. The minimum atomic E-state index is -0.756. The molecule has 0 radical (unpaired) electrons. The normalized spacial score (nSPS) is 22.8. The van der Waals surface area contributed by atoms with Crippen molar-refractivity contribution in [2.45, 2.75) is 89.9 Å². The third-order valence-corrected chi connectivity index (χ3v) is 8.57. The maximum Gasteiger partial charge on any atom is 0.253 e. The number of fused-ring (bicyclic) bond motifs is 1. The summed E-state index contributed by atoms with van der Waals surface area (Å²) >= 11 is 0. The number of carbonyl (C=O) groups is 2. The van der Waals surface area contributed by atoms with Crippen LogP contribution < -0.4 is 16.0 Å². The van der Waals surface area contributed by atoms with Crippen molar-refractivity contribution < 1.29 is 14.7 Å². The summed E-state index contributed by atoms with van der Waals surface area (Å²) in [6.07, 6.45) is 9.26. The molecule has 8 heteroatoms. The molecule has 1 saturated carbocycles. The van der Waals surface area contributed by atoms with Crippen LogP contribution >= 0.6 is 0 Å². The van der Waals surface area contributed by atoms with Gasteiger partial charge in [-0.3, -0.25) is 19.5 Å². The minimum Gasteiger partial charge on any atom is -0.390 e. The second kappa shape index (κ2) is 14.4. The van der Waals surface area contributed by atoms with Gasteiger partial charge in [0.05, 0.1) is 24.3 Å². The number of rotatable bonds is 11. The van der Waals surface area contributed by atoms with E-state index in [0.717, 1.165) is 36.6 Å². The molecule has 1 aliphatic carbocycles. The van der Waals surface area contributed by atoms with E-state index < -0.39 is 12.1 Å². The van der Waals surface area contributed by atoms with Crippen LogP contribution in [0.15, 0.2) is 48.8 Å². The topological polar surface area (TPSA) is 107 Å². The maximum atomic E-state index is 13.0. The van der Waals surface area contributed by atoms with E-state index in [0.29, 0.717) is 30.5 Å². The van der Waals surface area contributed by atoms with E-state index in [1.165, 1.54) is 31.9 Å². The van der Waals surface area contributed by atoms with Gasteiger partial charge in [0.2, 0.25) is 5.91 Å². The lowest BCUT2D eigenvalue weighted by molar-refractivity contribution is -0.122. The predicted molar refractivity (Wildman–Crippen MR) is 163 cm³/mol. The molecular formula is C33H49N5O3. The first-order valence-corrected chi connectivity index (χ1v) is 15.3. The van der Waals surface area contributed by atoms with Crippen LogP contribution in [0.5, 0.6) is 0 Å². The molecule has 5 unspecified atom stereocenters. The van der Waals surface area contributed by atoms with E-state index in [2.05, 4.69) is 46.6 Å². The van der Waals surface area contributed by atoms with Gasteiger partial charge in [0.15, 0.2) is 0 Å². The monoisotopic (exact) mass is 563 g/mol.